The topological polar surface area (TPSA) is 53.5 Å². The van der Waals surface area contributed by atoms with Crippen molar-refractivity contribution in [2.75, 3.05) is 55.0 Å². The number of fused-ring (bicyclic) bond motifs is 1. The maximum absolute atomic E-state index is 5.55. The highest BCUT2D eigenvalue weighted by Crippen LogP contribution is 2.29. The Bertz CT molecular complexity index is 1170. The van der Waals surface area contributed by atoms with Crippen LogP contribution in [0, 0.1) is 0 Å². The van der Waals surface area contributed by atoms with Crippen molar-refractivity contribution in [3.63, 3.8) is 0 Å². The number of rotatable bonds is 7. The van der Waals surface area contributed by atoms with Crippen LogP contribution in [-0.4, -0.2) is 49.8 Å². The molecule has 0 amide bonds. The van der Waals surface area contributed by atoms with Gasteiger partial charge in [0, 0.05) is 43.0 Å². The van der Waals surface area contributed by atoms with Crippen LogP contribution in [0.25, 0.3) is 10.9 Å². The summed E-state index contributed by atoms with van der Waals surface area (Å²) >= 11 is 1.79. The van der Waals surface area contributed by atoms with E-state index in [9.17, 15) is 0 Å². The molecule has 1 saturated heterocycles. The van der Waals surface area contributed by atoms with Crippen LogP contribution >= 0.6 is 11.3 Å². The molecule has 2 aromatic carbocycles. The summed E-state index contributed by atoms with van der Waals surface area (Å²) in [6.45, 7) is 4.38. The number of piperazine rings is 1. The molecule has 0 atom stereocenters. The van der Waals surface area contributed by atoms with E-state index in [4.69, 9.17) is 14.7 Å². The van der Waals surface area contributed by atoms with Gasteiger partial charge in [-0.3, -0.25) is 0 Å². The predicted molar refractivity (Wildman–Crippen MR) is 133 cm³/mol. The number of aromatic nitrogens is 2. The van der Waals surface area contributed by atoms with Crippen LogP contribution in [0.2, 0.25) is 0 Å². The molecule has 0 radical (unpaired) electrons. The number of nitrogens with zero attached hydrogens (tertiary/aromatic N) is 4. The van der Waals surface area contributed by atoms with Gasteiger partial charge in [-0.25, -0.2) is 4.98 Å². The molecule has 0 saturated carbocycles. The first-order chi connectivity index (χ1) is 15.8. The standard InChI is InChI=1S/C25H27N5OS/c1-31-23-11-5-4-10-22(23)29-14-16-30(17-15-29)25-27-21-9-3-2-8-20(21)24(28-25)26-13-12-19-7-6-18-32-19/h2-11,18H,12-17H2,1H3,(H,26,27,28). The van der Waals surface area contributed by atoms with Crippen molar-refractivity contribution in [3.8, 4) is 5.75 Å². The van der Waals surface area contributed by atoms with Crippen LogP contribution in [0.1, 0.15) is 4.88 Å². The Balaban J connectivity index is 1.33. The van der Waals surface area contributed by atoms with Crippen molar-refractivity contribution in [2.45, 2.75) is 6.42 Å². The minimum atomic E-state index is 0.794. The quantitative estimate of drug-likeness (QED) is 0.446. The molecular weight excluding hydrogens is 418 g/mol. The van der Waals surface area contributed by atoms with Crippen LogP contribution in [0.5, 0.6) is 5.75 Å². The minimum absolute atomic E-state index is 0.794. The third-order valence-corrected chi connectivity index (χ3v) is 6.76. The van der Waals surface area contributed by atoms with E-state index in [0.717, 1.165) is 73.3 Å². The van der Waals surface area contributed by atoms with Gasteiger partial charge in [0.25, 0.3) is 0 Å². The van der Waals surface area contributed by atoms with Gasteiger partial charge in [0.05, 0.1) is 18.3 Å². The van der Waals surface area contributed by atoms with Crippen LogP contribution in [0.15, 0.2) is 66.0 Å². The van der Waals surface area contributed by atoms with Crippen molar-refractivity contribution in [2.24, 2.45) is 0 Å². The lowest BCUT2D eigenvalue weighted by Gasteiger charge is -2.36. The molecule has 1 aliphatic heterocycles. The van der Waals surface area contributed by atoms with E-state index in [1.165, 1.54) is 4.88 Å². The second-order valence-electron chi connectivity index (χ2n) is 7.79. The van der Waals surface area contributed by atoms with Gasteiger partial charge >= 0.3 is 0 Å². The van der Waals surface area contributed by atoms with Crippen molar-refractivity contribution < 1.29 is 4.74 Å². The molecule has 164 valence electrons. The summed E-state index contributed by atoms with van der Waals surface area (Å²) in [5.41, 5.74) is 2.12. The molecule has 1 fully saturated rings. The maximum atomic E-state index is 5.55. The third kappa shape index (κ3) is 4.34. The fourth-order valence-corrected chi connectivity index (χ4v) is 4.85. The van der Waals surface area contributed by atoms with Crippen molar-refractivity contribution in [1.82, 2.24) is 9.97 Å². The average Bonchev–Trinajstić information content (AvgIpc) is 3.37. The zero-order chi connectivity index (χ0) is 21.8. The molecule has 0 unspecified atom stereocenters. The van der Waals surface area contributed by atoms with Gasteiger partial charge in [-0.2, -0.15) is 4.98 Å². The van der Waals surface area contributed by atoms with Gasteiger partial charge in [0.15, 0.2) is 0 Å². The van der Waals surface area contributed by atoms with E-state index in [1.807, 2.05) is 24.3 Å². The van der Waals surface area contributed by atoms with Crippen LogP contribution in [0.3, 0.4) is 0 Å². The largest absolute Gasteiger partial charge is 0.495 e. The molecule has 3 heterocycles. The lowest BCUT2D eigenvalue weighted by atomic mass is 10.2. The van der Waals surface area contributed by atoms with E-state index in [0.29, 0.717) is 0 Å². The zero-order valence-corrected chi connectivity index (χ0v) is 19.0. The zero-order valence-electron chi connectivity index (χ0n) is 18.2. The maximum Gasteiger partial charge on any atom is 0.228 e. The van der Waals surface area contributed by atoms with Crippen LogP contribution < -0.4 is 19.9 Å². The van der Waals surface area contributed by atoms with Gasteiger partial charge < -0.3 is 19.9 Å². The van der Waals surface area contributed by atoms with Crippen molar-refractivity contribution in [3.05, 3.63) is 70.9 Å². The Morgan fingerprint density at radius 3 is 2.50 bits per heavy atom. The summed E-state index contributed by atoms with van der Waals surface area (Å²) in [6, 6.07) is 20.7. The number of nitrogens with one attached hydrogen (secondary N) is 1. The predicted octanol–water partition coefficient (Wildman–Crippen LogP) is 4.68. The first kappa shape index (κ1) is 20.6. The monoisotopic (exact) mass is 445 g/mol. The molecule has 1 N–H and O–H groups in total. The smallest absolute Gasteiger partial charge is 0.228 e. The second kappa shape index (κ2) is 9.44. The summed E-state index contributed by atoms with van der Waals surface area (Å²) in [5, 5.41) is 6.75. The number of hydrogen-bond donors (Lipinski definition) is 1. The Labute approximate surface area is 192 Å². The highest BCUT2D eigenvalue weighted by Gasteiger charge is 2.22. The Kier molecular flexibility index (Phi) is 6.07. The van der Waals surface area contributed by atoms with Gasteiger partial charge in [-0.1, -0.05) is 30.3 Å². The van der Waals surface area contributed by atoms with Gasteiger partial charge in [0.2, 0.25) is 5.95 Å². The van der Waals surface area contributed by atoms with Crippen LogP contribution in [0.4, 0.5) is 17.5 Å². The number of ether oxygens (including phenoxy) is 1. The number of anilines is 3. The highest BCUT2D eigenvalue weighted by atomic mass is 32.1. The Morgan fingerprint density at radius 2 is 1.69 bits per heavy atom. The molecule has 0 bridgehead atoms. The number of hydrogen-bond acceptors (Lipinski definition) is 7. The van der Waals surface area contributed by atoms with Crippen molar-refractivity contribution in [1.29, 1.82) is 0 Å². The minimum Gasteiger partial charge on any atom is -0.495 e. The van der Waals surface area contributed by atoms with Gasteiger partial charge in [-0.05, 0) is 42.1 Å². The fraction of sp³-hybridized carbons (Fsp3) is 0.280. The average molecular weight is 446 g/mol. The van der Waals surface area contributed by atoms with E-state index in [1.54, 1.807) is 18.4 Å². The number of benzene rings is 2. The molecule has 1 aliphatic rings. The SMILES string of the molecule is COc1ccccc1N1CCN(c2nc(NCCc3cccs3)c3ccccc3n2)CC1. The summed E-state index contributed by atoms with van der Waals surface area (Å²) in [4.78, 5) is 15.9. The summed E-state index contributed by atoms with van der Waals surface area (Å²) in [7, 11) is 1.73. The second-order valence-corrected chi connectivity index (χ2v) is 8.82. The van der Waals surface area contributed by atoms with E-state index < -0.39 is 0 Å². The van der Waals surface area contributed by atoms with Gasteiger partial charge in [0.1, 0.15) is 11.6 Å². The molecule has 6 nitrogen and oxygen atoms in total. The first-order valence-corrected chi connectivity index (χ1v) is 11.9. The molecule has 2 aromatic heterocycles. The Morgan fingerprint density at radius 1 is 0.906 bits per heavy atom. The van der Waals surface area contributed by atoms with Crippen molar-refractivity contribution >= 4 is 39.7 Å². The molecule has 5 rings (SSSR count). The first-order valence-electron chi connectivity index (χ1n) is 11.0. The van der Waals surface area contributed by atoms with E-state index in [2.05, 4.69) is 56.9 Å². The fourth-order valence-electron chi connectivity index (χ4n) is 4.14. The molecule has 0 spiro atoms. The lowest BCUT2D eigenvalue weighted by molar-refractivity contribution is 0.413. The lowest BCUT2D eigenvalue weighted by Crippen LogP contribution is -2.47. The molecule has 32 heavy (non-hydrogen) atoms. The van der Waals surface area contributed by atoms with E-state index >= 15 is 0 Å². The number of para-hydroxylation sites is 3. The summed E-state index contributed by atoms with van der Waals surface area (Å²) in [6.07, 6.45) is 0.989. The summed E-state index contributed by atoms with van der Waals surface area (Å²) in [5.74, 6) is 2.62. The Hall–Kier alpha value is -3.32. The van der Waals surface area contributed by atoms with E-state index in [-0.39, 0.29) is 0 Å². The normalized spacial score (nSPS) is 14.0. The highest BCUT2D eigenvalue weighted by molar-refractivity contribution is 7.09. The number of thiophene rings is 1. The molecule has 4 aromatic rings. The molecular formula is C25H27N5OS. The number of methoxy groups -OCH3 is 1. The summed E-state index contributed by atoms with van der Waals surface area (Å²) < 4.78 is 5.55. The van der Waals surface area contributed by atoms with Crippen LogP contribution in [-0.2, 0) is 6.42 Å². The molecule has 7 heteroatoms. The van der Waals surface area contributed by atoms with Gasteiger partial charge in [-0.15, -0.1) is 11.3 Å². The third-order valence-electron chi connectivity index (χ3n) is 5.82. The molecule has 0 aliphatic carbocycles.